The van der Waals surface area contributed by atoms with Crippen molar-refractivity contribution in [2.45, 2.75) is 11.0 Å². The highest BCUT2D eigenvalue weighted by Gasteiger charge is 2.12. The predicted octanol–water partition coefficient (Wildman–Crippen LogP) is 2.80. The molecule has 6 heteroatoms. The Morgan fingerprint density at radius 2 is 2.35 bits per heavy atom. The number of carboxylic acids is 1. The predicted molar refractivity (Wildman–Crippen MR) is 59.4 cm³/mol. The van der Waals surface area contributed by atoms with E-state index < -0.39 is 11.8 Å². The molecule has 1 N–H and O–H groups in total. The Bertz CT molecular complexity index is 528. The molecule has 2 rings (SSSR count). The molecule has 0 amide bonds. The number of benzene rings is 1. The second-order valence-corrected chi connectivity index (χ2v) is 4.12. The lowest BCUT2D eigenvalue weighted by Crippen LogP contribution is -2.02. The van der Waals surface area contributed by atoms with Crippen molar-refractivity contribution in [3.05, 3.63) is 47.6 Å². The number of thioether (sulfide) groups is 1. The Kier molecular flexibility index (Phi) is 3.43. The molecular formula is C11H8FNO3S. The molecular weight excluding hydrogens is 245 g/mol. The first-order valence-electron chi connectivity index (χ1n) is 4.71. The van der Waals surface area contributed by atoms with Gasteiger partial charge in [-0.1, -0.05) is 11.8 Å². The summed E-state index contributed by atoms with van der Waals surface area (Å²) in [4.78, 5) is 14.8. The number of hydrogen-bond donors (Lipinski definition) is 1. The molecule has 0 aliphatic carbocycles. The van der Waals surface area contributed by atoms with Crippen molar-refractivity contribution >= 4 is 17.7 Å². The molecule has 0 aliphatic heterocycles. The Hall–Kier alpha value is -1.82. The standard InChI is InChI=1S/C11H8FNO3S/c12-8-1-2-9(10(14)15)7(5-8)6-17-11-13-3-4-16-11/h1-5H,6H2,(H,14,15). The van der Waals surface area contributed by atoms with Gasteiger partial charge >= 0.3 is 5.97 Å². The first-order valence-corrected chi connectivity index (χ1v) is 5.69. The number of nitrogens with zero attached hydrogens (tertiary/aromatic N) is 1. The molecule has 0 saturated carbocycles. The Morgan fingerprint density at radius 3 is 3.00 bits per heavy atom. The van der Waals surface area contributed by atoms with Crippen LogP contribution in [0.2, 0.25) is 0 Å². The fourth-order valence-electron chi connectivity index (χ4n) is 1.31. The second kappa shape index (κ2) is 5.01. The topological polar surface area (TPSA) is 63.3 Å². The smallest absolute Gasteiger partial charge is 0.335 e. The van der Waals surface area contributed by atoms with Gasteiger partial charge in [0.05, 0.1) is 11.8 Å². The number of halogens is 1. The molecule has 1 heterocycles. The minimum Gasteiger partial charge on any atom is -0.478 e. The SMILES string of the molecule is O=C(O)c1ccc(F)cc1CSc1ncco1. The van der Waals surface area contributed by atoms with Crippen LogP contribution >= 0.6 is 11.8 Å². The molecule has 0 unspecified atom stereocenters. The maximum Gasteiger partial charge on any atom is 0.335 e. The van der Waals surface area contributed by atoms with Crippen molar-refractivity contribution < 1.29 is 18.7 Å². The minimum atomic E-state index is -1.08. The Labute approximate surface area is 100 Å². The summed E-state index contributed by atoms with van der Waals surface area (Å²) in [6.07, 6.45) is 2.91. The van der Waals surface area contributed by atoms with Crippen LogP contribution in [0.4, 0.5) is 4.39 Å². The van der Waals surface area contributed by atoms with Gasteiger partial charge in [0.15, 0.2) is 0 Å². The summed E-state index contributed by atoms with van der Waals surface area (Å²) in [6, 6.07) is 3.59. The van der Waals surface area contributed by atoms with E-state index in [4.69, 9.17) is 9.52 Å². The summed E-state index contributed by atoms with van der Waals surface area (Å²) < 4.78 is 18.0. The third-order valence-electron chi connectivity index (χ3n) is 2.06. The van der Waals surface area contributed by atoms with Crippen LogP contribution in [0.25, 0.3) is 0 Å². The lowest BCUT2D eigenvalue weighted by atomic mass is 10.1. The van der Waals surface area contributed by atoms with E-state index in [0.29, 0.717) is 16.5 Å². The van der Waals surface area contributed by atoms with Crippen molar-refractivity contribution in [1.82, 2.24) is 4.98 Å². The lowest BCUT2D eigenvalue weighted by molar-refractivity contribution is 0.0696. The average Bonchev–Trinajstić information content (AvgIpc) is 2.78. The third-order valence-corrected chi connectivity index (χ3v) is 2.96. The monoisotopic (exact) mass is 253 g/mol. The van der Waals surface area contributed by atoms with Gasteiger partial charge in [-0.15, -0.1) is 0 Å². The summed E-state index contributed by atoms with van der Waals surface area (Å²) in [6.45, 7) is 0. The molecule has 0 saturated heterocycles. The molecule has 1 aromatic carbocycles. The zero-order valence-electron chi connectivity index (χ0n) is 8.59. The van der Waals surface area contributed by atoms with Crippen LogP contribution in [0.3, 0.4) is 0 Å². The maximum atomic E-state index is 13.0. The number of carbonyl (C=O) groups is 1. The van der Waals surface area contributed by atoms with Gasteiger partial charge in [-0.3, -0.25) is 0 Å². The van der Waals surface area contributed by atoms with Crippen molar-refractivity contribution in [1.29, 1.82) is 0 Å². The molecule has 88 valence electrons. The first-order chi connectivity index (χ1) is 8.16. The van der Waals surface area contributed by atoms with Crippen molar-refractivity contribution in [3.8, 4) is 0 Å². The Morgan fingerprint density at radius 1 is 1.53 bits per heavy atom. The van der Waals surface area contributed by atoms with E-state index in [1.54, 1.807) is 0 Å². The summed E-state index contributed by atoms with van der Waals surface area (Å²) in [5, 5.41) is 9.36. The molecule has 0 atom stereocenters. The number of aromatic nitrogens is 1. The van der Waals surface area contributed by atoms with Crippen LogP contribution in [-0.2, 0) is 5.75 Å². The van der Waals surface area contributed by atoms with Gasteiger partial charge < -0.3 is 9.52 Å². The van der Waals surface area contributed by atoms with Gasteiger partial charge in [0, 0.05) is 5.75 Å². The highest BCUT2D eigenvalue weighted by atomic mass is 32.2. The molecule has 0 radical (unpaired) electrons. The fraction of sp³-hybridized carbons (Fsp3) is 0.0909. The summed E-state index contributed by atoms with van der Waals surface area (Å²) in [5.74, 6) is -1.24. The summed E-state index contributed by atoms with van der Waals surface area (Å²) >= 11 is 1.21. The van der Waals surface area contributed by atoms with E-state index in [0.717, 1.165) is 6.07 Å². The van der Waals surface area contributed by atoms with Crippen LogP contribution in [0.15, 0.2) is 40.3 Å². The van der Waals surface area contributed by atoms with Gasteiger partial charge in [-0.2, -0.15) is 0 Å². The van der Waals surface area contributed by atoms with Crippen LogP contribution < -0.4 is 0 Å². The van der Waals surface area contributed by atoms with Crippen LogP contribution in [0.5, 0.6) is 0 Å². The third kappa shape index (κ3) is 2.85. The van der Waals surface area contributed by atoms with E-state index in [9.17, 15) is 9.18 Å². The number of rotatable bonds is 4. The van der Waals surface area contributed by atoms with Crippen molar-refractivity contribution in [2.24, 2.45) is 0 Å². The molecule has 4 nitrogen and oxygen atoms in total. The lowest BCUT2D eigenvalue weighted by Gasteiger charge is -2.04. The van der Waals surface area contributed by atoms with Gasteiger partial charge in [0.25, 0.3) is 5.22 Å². The largest absolute Gasteiger partial charge is 0.478 e. The van der Waals surface area contributed by atoms with Gasteiger partial charge in [-0.25, -0.2) is 14.2 Å². The quantitative estimate of drug-likeness (QED) is 0.849. The normalized spacial score (nSPS) is 10.4. The summed E-state index contributed by atoms with van der Waals surface area (Å²) in [5.41, 5.74) is 0.492. The number of oxazole rings is 1. The van der Waals surface area contributed by atoms with Gasteiger partial charge in [-0.05, 0) is 23.8 Å². The highest BCUT2D eigenvalue weighted by molar-refractivity contribution is 7.98. The summed E-state index contributed by atoms with van der Waals surface area (Å²) in [7, 11) is 0. The maximum absolute atomic E-state index is 13.0. The van der Waals surface area contributed by atoms with Crippen molar-refractivity contribution in [2.75, 3.05) is 0 Å². The van der Waals surface area contributed by atoms with Gasteiger partial charge in [0.1, 0.15) is 12.1 Å². The second-order valence-electron chi connectivity index (χ2n) is 3.19. The molecule has 17 heavy (non-hydrogen) atoms. The first kappa shape index (κ1) is 11.7. The van der Waals surface area contributed by atoms with Crippen LogP contribution in [0, 0.1) is 5.82 Å². The van der Waals surface area contributed by atoms with E-state index in [1.165, 1.54) is 36.4 Å². The number of aromatic carboxylic acids is 1. The van der Waals surface area contributed by atoms with E-state index in [1.807, 2.05) is 0 Å². The van der Waals surface area contributed by atoms with Crippen LogP contribution in [-0.4, -0.2) is 16.1 Å². The molecule has 0 aliphatic rings. The minimum absolute atomic E-state index is 0.0884. The zero-order valence-corrected chi connectivity index (χ0v) is 9.41. The van der Waals surface area contributed by atoms with Crippen molar-refractivity contribution in [3.63, 3.8) is 0 Å². The Balaban J connectivity index is 2.19. The van der Waals surface area contributed by atoms with E-state index >= 15 is 0 Å². The molecule has 2 aromatic rings. The number of carboxylic acid groups (broad SMARTS) is 1. The highest BCUT2D eigenvalue weighted by Crippen LogP contribution is 2.23. The van der Waals surface area contributed by atoms with Crippen LogP contribution in [0.1, 0.15) is 15.9 Å². The van der Waals surface area contributed by atoms with Gasteiger partial charge in [0.2, 0.25) is 0 Å². The number of hydrogen-bond acceptors (Lipinski definition) is 4. The average molecular weight is 253 g/mol. The molecule has 0 fully saturated rings. The van der Waals surface area contributed by atoms with E-state index in [2.05, 4.69) is 4.98 Å². The van der Waals surface area contributed by atoms with E-state index in [-0.39, 0.29) is 5.56 Å². The zero-order chi connectivity index (χ0) is 12.3. The molecule has 0 bridgehead atoms. The molecule has 0 spiro atoms. The molecule has 1 aromatic heterocycles. The fourth-order valence-corrected chi connectivity index (χ4v) is 2.09.